The van der Waals surface area contributed by atoms with E-state index >= 15 is 0 Å². The van der Waals surface area contributed by atoms with Gasteiger partial charge in [0.1, 0.15) is 7.85 Å². The molecule has 0 N–H and O–H groups in total. The molecule has 6 aromatic rings. The first-order chi connectivity index (χ1) is 18.0. The summed E-state index contributed by atoms with van der Waals surface area (Å²) in [6, 6.07) is 23.2. The maximum absolute atomic E-state index is 9.35. The van der Waals surface area contributed by atoms with Gasteiger partial charge in [-0.2, -0.15) is 5.26 Å². The molecular weight excluding hydrogens is 575 g/mol. The third-order valence-electron chi connectivity index (χ3n) is 8.09. The molecule has 2 unspecified atom stereocenters. The number of halogens is 1. The van der Waals surface area contributed by atoms with Crippen molar-refractivity contribution in [2.24, 2.45) is 0 Å². The van der Waals surface area contributed by atoms with Gasteiger partial charge in [0.15, 0.2) is 0 Å². The molecule has 2 bridgehead atoms. The molecule has 1 spiro atoms. The van der Waals surface area contributed by atoms with Crippen molar-refractivity contribution in [1.82, 2.24) is 4.57 Å². The number of hydrogen-bond donors (Lipinski definition) is 0. The van der Waals surface area contributed by atoms with E-state index in [-0.39, 0.29) is 4.75 Å². The molecule has 4 aliphatic rings. The van der Waals surface area contributed by atoms with E-state index in [2.05, 4.69) is 75.1 Å². The van der Waals surface area contributed by atoms with Crippen molar-refractivity contribution >= 4 is 106 Å². The number of benzene rings is 3. The monoisotopic (exact) mass is 588 g/mol. The smallest absolute Gasteiger partial charge is 0.113 e. The fourth-order valence-corrected chi connectivity index (χ4v) is 11.6. The van der Waals surface area contributed by atoms with Gasteiger partial charge in [0.25, 0.3) is 0 Å². The first-order valence-corrected chi connectivity index (χ1v) is 15.3. The summed E-state index contributed by atoms with van der Waals surface area (Å²) in [7, 11) is 6.28. The lowest BCUT2D eigenvalue weighted by atomic mass is 9.64. The van der Waals surface area contributed by atoms with Crippen molar-refractivity contribution in [3.05, 3.63) is 86.1 Å². The van der Waals surface area contributed by atoms with Crippen molar-refractivity contribution < 1.29 is 0 Å². The van der Waals surface area contributed by atoms with Gasteiger partial charge in [-0.3, -0.25) is 0 Å². The number of thioether (sulfide) groups is 1. The predicted molar refractivity (Wildman–Crippen MR) is 161 cm³/mol. The Morgan fingerprint density at radius 1 is 1.00 bits per heavy atom. The van der Waals surface area contributed by atoms with E-state index in [1.165, 1.54) is 45.2 Å². The Balaban J connectivity index is 1.34. The van der Waals surface area contributed by atoms with Gasteiger partial charge in [0, 0.05) is 51.9 Å². The summed E-state index contributed by atoms with van der Waals surface area (Å²) in [5.41, 5.74) is 6.63. The summed E-state index contributed by atoms with van der Waals surface area (Å²) in [6.07, 6.45) is 3.71. The van der Waals surface area contributed by atoms with E-state index in [9.17, 15) is 5.26 Å². The Hall–Kier alpha value is -2.76. The topological polar surface area (TPSA) is 28.7 Å². The zero-order valence-electron chi connectivity index (χ0n) is 19.2. The third kappa shape index (κ3) is 2.58. The lowest BCUT2D eigenvalue weighted by molar-refractivity contribution is 0.564. The number of nitrogens with zero attached hydrogens (tertiary/aromatic N) is 2. The fraction of sp³-hybridized carbons (Fsp3) is 0.100. The van der Waals surface area contributed by atoms with Gasteiger partial charge in [-0.1, -0.05) is 45.7 Å². The van der Waals surface area contributed by atoms with Crippen molar-refractivity contribution in [2.75, 3.05) is 0 Å². The zero-order chi connectivity index (χ0) is 24.6. The highest BCUT2D eigenvalue weighted by molar-refractivity contribution is 9.10. The second kappa shape index (κ2) is 7.01. The normalized spacial score (nSPS) is 21.0. The maximum atomic E-state index is 9.35. The number of fused-ring (bicyclic) bond motifs is 6. The van der Waals surface area contributed by atoms with Crippen LogP contribution in [0, 0.1) is 11.3 Å². The standard InChI is InChI=1S/C30H14BBrN2S3/c31-15-3-7-18-22(9-15)34(17-5-1-14(13-33)2-6-17)25-24-20-11-30(24,37-27(18)25)12-21-26(20)36-28-19-8-4-16(32)10-23(19)35-29(21)28/h1-10,12,24H,11H2. The van der Waals surface area contributed by atoms with Crippen LogP contribution in [0.1, 0.15) is 23.6 Å². The van der Waals surface area contributed by atoms with Gasteiger partial charge in [0.2, 0.25) is 0 Å². The van der Waals surface area contributed by atoms with Crippen LogP contribution >= 0.6 is 50.4 Å². The average molecular weight is 589 g/mol. The fourth-order valence-electron chi connectivity index (χ4n) is 6.55. The molecule has 37 heavy (non-hydrogen) atoms. The van der Waals surface area contributed by atoms with Crippen molar-refractivity contribution in [1.29, 1.82) is 5.26 Å². The summed E-state index contributed by atoms with van der Waals surface area (Å²) >= 11 is 9.59. The molecule has 2 atom stereocenters. The Morgan fingerprint density at radius 2 is 1.84 bits per heavy atom. The van der Waals surface area contributed by atoms with Gasteiger partial charge in [0.05, 0.1) is 31.3 Å². The number of hydrogen-bond acceptors (Lipinski definition) is 4. The largest absolute Gasteiger partial charge is 0.312 e. The van der Waals surface area contributed by atoms with Crippen LogP contribution in [0.5, 0.6) is 0 Å². The summed E-state index contributed by atoms with van der Waals surface area (Å²) in [4.78, 5) is 1.38. The second-order valence-electron chi connectivity index (χ2n) is 10.1. The lowest BCUT2D eigenvalue weighted by Crippen LogP contribution is -2.50. The highest BCUT2D eigenvalue weighted by Gasteiger charge is 2.60. The minimum absolute atomic E-state index is 0.0711. The van der Waals surface area contributed by atoms with E-state index in [0.717, 1.165) is 27.6 Å². The van der Waals surface area contributed by atoms with Gasteiger partial charge in [-0.15, -0.1) is 34.4 Å². The number of thiophene rings is 2. The second-order valence-corrected chi connectivity index (χ2v) is 14.4. The van der Waals surface area contributed by atoms with Crippen LogP contribution in [0.2, 0.25) is 0 Å². The molecule has 0 amide bonds. The van der Waals surface area contributed by atoms with Crippen LogP contribution in [0.4, 0.5) is 0 Å². The first-order valence-electron chi connectivity index (χ1n) is 12.0. The van der Waals surface area contributed by atoms with Crippen LogP contribution in [0.25, 0.3) is 47.7 Å². The number of rotatable bonds is 1. The van der Waals surface area contributed by atoms with E-state index in [1.54, 1.807) is 5.57 Å². The molecule has 2 nitrogen and oxygen atoms in total. The van der Waals surface area contributed by atoms with Gasteiger partial charge in [-0.25, -0.2) is 0 Å². The number of nitriles is 1. The molecule has 3 aromatic carbocycles. The molecule has 10 rings (SSSR count). The maximum Gasteiger partial charge on any atom is 0.113 e. The molecule has 2 radical (unpaired) electrons. The van der Waals surface area contributed by atoms with E-state index in [1.807, 2.05) is 52.6 Å². The molecular formula is C30H14BBrN2S3. The van der Waals surface area contributed by atoms with Crippen LogP contribution in [-0.2, 0) is 0 Å². The highest BCUT2D eigenvalue weighted by atomic mass is 79.9. The molecule has 7 heteroatoms. The quantitative estimate of drug-likeness (QED) is 0.206. The third-order valence-corrected chi connectivity index (χ3v) is 12.7. The molecule has 1 fully saturated rings. The Bertz CT molecular complexity index is 2200. The van der Waals surface area contributed by atoms with Crippen LogP contribution in [0.3, 0.4) is 0 Å². The summed E-state index contributed by atoms with van der Waals surface area (Å²) in [5.74, 6) is 0.359. The Labute approximate surface area is 234 Å². The van der Waals surface area contributed by atoms with E-state index in [0.29, 0.717) is 11.5 Å². The Kier molecular flexibility index (Phi) is 4.02. The molecule has 4 heterocycles. The van der Waals surface area contributed by atoms with E-state index < -0.39 is 0 Å². The minimum Gasteiger partial charge on any atom is -0.312 e. The molecule has 3 aliphatic carbocycles. The number of aromatic nitrogens is 1. The molecule has 1 aliphatic heterocycles. The summed E-state index contributed by atoms with van der Waals surface area (Å²) in [5, 5.41) is 13.4. The lowest BCUT2D eigenvalue weighted by Gasteiger charge is -2.47. The van der Waals surface area contributed by atoms with Crippen molar-refractivity contribution in [2.45, 2.75) is 22.0 Å². The summed E-state index contributed by atoms with van der Waals surface area (Å²) < 4.78 is 9.30. The van der Waals surface area contributed by atoms with Crippen molar-refractivity contribution in [3.8, 4) is 11.8 Å². The molecule has 3 aromatic heterocycles. The van der Waals surface area contributed by atoms with E-state index in [4.69, 9.17) is 7.85 Å². The van der Waals surface area contributed by atoms with Gasteiger partial charge < -0.3 is 4.57 Å². The predicted octanol–water partition coefficient (Wildman–Crippen LogP) is 6.46. The van der Waals surface area contributed by atoms with Crippen LogP contribution < -0.4 is 15.2 Å². The minimum atomic E-state index is 0.0711. The first kappa shape index (κ1) is 21.2. The molecule has 1 saturated carbocycles. The molecule has 172 valence electrons. The van der Waals surface area contributed by atoms with Gasteiger partial charge >= 0.3 is 0 Å². The highest BCUT2D eigenvalue weighted by Crippen LogP contribution is 2.70. The van der Waals surface area contributed by atoms with Crippen LogP contribution in [-0.4, -0.2) is 17.2 Å². The SMILES string of the molecule is [B]c1ccc2c3c(n(-c4ccc(C#N)cc4)c2c1)C1C2=c4sc5c(sc6cc(Br)ccc65)c4=CC1(C2)S3. The van der Waals surface area contributed by atoms with Crippen molar-refractivity contribution in [3.63, 3.8) is 0 Å². The Morgan fingerprint density at radius 3 is 2.68 bits per heavy atom. The summed E-state index contributed by atoms with van der Waals surface area (Å²) in [6.45, 7) is 0. The average Bonchev–Trinajstić information content (AvgIpc) is 3.57. The van der Waals surface area contributed by atoms with Gasteiger partial charge in [-0.05, 0) is 54.5 Å². The van der Waals surface area contributed by atoms with Crippen LogP contribution in [0.15, 0.2) is 70.0 Å². The zero-order valence-corrected chi connectivity index (χ0v) is 23.2. The molecule has 0 saturated heterocycles.